The first-order valence-corrected chi connectivity index (χ1v) is 28.7. The van der Waals surface area contributed by atoms with Gasteiger partial charge in [-0.25, -0.2) is 9.59 Å². The third-order valence-electron chi connectivity index (χ3n) is 18.1. The van der Waals surface area contributed by atoms with Crippen molar-refractivity contribution in [2.45, 2.75) is 200 Å². The van der Waals surface area contributed by atoms with Crippen LogP contribution in [-0.2, 0) is 62.1 Å². The van der Waals surface area contributed by atoms with Gasteiger partial charge in [-0.3, -0.25) is 33.6 Å². The van der Waals surface area contributed by atoms with Gasteiger partial charge in [-0.2, -0.15) is 0 Å². The summed E-state index contributed by atoms with van der Waals surface area (Å²) in [5.41, 5.74) is 4.68. The molecule has 12 aliphatic carbocycles. The number of carbonyl (C=O) groups excluding carboxylic acids is 7. The number of nitrogens with one attached hydrogen (secondary N) is 2. The van der Waals surface area contributed by atoms with Crippen LogP contribution in [0.1, 0.15) is 182 Å². The van der Waals surface area contributed by atoms with Crippen molar-refractivity contribution in [1.82, 2.24) is 10.6 Å². The van der Waals surface area contributed by atoms with Crippen molar-refractivity contribution < 1.29 is 72.3 Å². The van der Waals surface area contributed by atoms with Crippen LogP contribution in [0.3, 0.4) is 0 Å². The van der Waals surface area contributed by atoms with Gasteiger partial charge in [-0.05, 0) is 227 Å². The molecule has 18 nitrogen and oxygen atoms in total. The van der Waals surface area contributed by atoms with E-state index in [-0.39, 0.29) is 97.4 Å². The molecule has 6 N–H and O–H groups in total. The Morgan fingerprint density at radius 2 is 0.776 bits per heavy atom. The second-order valence-corrected chi connectivity index (χ2v) is 24.3. The van der Waals surface area contributed by atoms with Crippen LogP contribution in [0.4, 0.5) is 0 Å². The van der Waals surface area contributed by atoms with E-state index < -0.39 is 47.4 Å². The molecule has 12 bridgehead atoms. The Kier molecular flexibility index (Phi) is 23.3. The number of rotatable bonds is 21. The molecule has 3 unspecified atom stereocenters. The van der Waals surface area contributed by atoms with E-state index in [9.17, 15) is 48.3 Å². The summed E-state index contributed by atoms with van der Waals surface area (Å²) in [6.07, 6.45) is 20.7. The Morgan fingerprint density at radius 1 is 0.474 bits per heavy atom. The highest BCUT2D eigenvalue weighted by atomic mass is 35.5. The fraction of sp³-hybridized carbons (Fsp3) is 0.839. The zero-order valence-electron chi connectivity index (χ0n) is 45.3. The molecule has 0 aliphatic heterocycles. The van der Waals surface area contributed by atoms with Gasteiger partial charge in [0.1, 0.15) is 18.1 Å². The van der Waals surface area contributed by atoms with Gasteiger partial charge in [-0.15, -0.1) is 12.4 Å². The molecule has 20 heteroatoms. The van der Waals surface area contributed by atoms with Crippen LogP contribution in [0.15, 0.2) is 0 Å². The van der Waals surface area contributed by atoms with Crippen molar-refractivity contribution in [2.24, 2.45) is 75.2 Å². The number of esters is 4. The summed E-state index contributed by atoms with van der Waals surface area (Å²) in [5, 5.41) is 23.4. The molecule has 12 aliphatic rings. The van der Waals surface area contributed by atoms with E-state index in [0.29, 0.717) is 55.3 Å². The molecule has 0 aromatic carbocycles. The van der Waals surface area contributed by atoms with E-state index in [1.807, 2.05) is 0 Å². The lowest BCUT2D eigenvalue weighted by molar-refractivity contribution is -0.154. The highest BCUT2D eigenvalue weighted by Gasteiger charge is 2.57. The molecule has 0 saturated heterocycles. The average molecular weight is 1110 g/mol. The number of carboxylic acid groups (broad SMARTS) is 2. The number of carbonyl (C=O) groups is 9. The molecule has 430 valence electrons. The minimum Gasteiger partial charge on any atom is -0.481 e. The number of hydrogen-bond donors (Lipinski definition) is 5. The molecule has 12 saturated carbocycles. The molecule has 76 heavy (non-hydrogen) atoms. The van der Waals surface area contributed by atoms with Gasteiger partial charge in [0.05, 0.1) is 26.4 Å². The molecular formula is C56H87Cl2N3O15. The van der Waals surface area contributed by atoms with Crippen molar-refractivity contribution in [3.05, 3.63) is 0 Å². The molecule has 0 heterocycles. The smallest absolute Gasteiger partial charge is 0.328 e. The van der Waals surface area contributed by atoms with Gasteiger partial charge in [0.15, 0.2) is 0 Å². The summed E-state index contributed by atoms with van der Waals surface area (Å²) in [7, 11) is 0. The summed E-state index contributed by atoms with van der Waals surface area (Å²) in [5.74, 6) is 2.28. The topological polar surface area (TPSA) is 281 Å². The first-order valence-electron chi connectivity index (χ1n) is 28.3. The summed E-state index contributed by atoms with van der Waals surface area (Å²) in [6, 6.07) is -2.61. The van der Waals surface area contributed by atoms with Crippen molar-refractivity contribution in [2.75, 3.05) is 26.4 Å². The lowest BCUT2D eigenvalue weighted by atomic mass is 9.49. The normalized spacial score (nSPS) is 33.1. The third-order valence-corrected chi connectivity index (χ3v) is 18.5. The molecular weight excluding hydrogens is 1030 g/mol. The van der Waals surface area contributed by atoms with Gasteiger partial charge in [-0.1, -0.05) is 0 Å². The summed E-state index contributed by atoms with van der Waals surface area (Å²) in [6.45, 7) is 8.11. The zero-order valence-corrected chi connectivity index (χ0v) is 46.9. The fourth-order valence-electron chi connectivity index (χ4n) is 16.1. The Morgan fingerprint density at radius 3 is 1.09 bits per heavy atom. The molecule has 2 amide bonds. The molecule has 3 atom stereocenters. The number of carboxylic acids is 2. The van der Waals surface area contributed by atoms with E-state index in [2.05, 4.69) is 20.1 Å². The van der Waals surface area contributed by atoms with E-state index in [0.717, 1.165) is 75.5 Å². The first-order chi connectivity index (χ1) is 35.6. The molecule has 0 radical (unpaired) electrons. The number of aliphatic carboxylic acids is 2. The third kappa shape index (κ3) is 16.5. The number of amides is 2. The quantitative estimate of drug-likeness (QED) is 0.0416. The molecule has 12 rings (SSSR count). The van der Waals surface area contributed by atoms with Gasteiger partial charge in [0.2, 0.25) is 17.1 Å². The maximum absolute atomic E-state index is 13.2. The maximum Gasteiger partial charge on any atom is 0.328 e. The lowest BCUT2D eigenvalue weighted by Crippen LogP contribution is -2.56. The van der Waals surface area contributed by atoms with E-state index >= 15 is 0 Å². The van der Waals surface area contributed by atoms with Crippen LogP contribution in [-0.4, -0.2) is 108 Å². The van der Waals surface area contributed by atoms with Crippen molar-refractivity contribution in [3.63, 3.8) is 0 Å². The summed E-state index contributed by atoms with van der Waals surface area (Å²) in [4.78, 5) is 105. The maximum atomic E-state index is 13.2. The molecule has 12 fully saturated rings. The van der Waals surface area contributed by atoms with Crippen LogP contribution in [0.2, 0.25) is 0 Å². The lowest BCUT2D eigenvalue weighted by Gasteiger charge is -2.55. The van der Waals surface area contributed by atoms with Crippen LogP contribution >= 0.6 is 24.0 Å². The first kappa shape index (κ1) is 62.8. The Balaban J connectivity index is 0.000000194. The largest absolute Gasteiger partial charge is 0.481 e. The van der Waals surface area contributed by atoms with E-state index in [1.165, 1.54) is 57.8 Å². The predicted octanol–water partition coefficient (Wildman–Crippen LogP) is 7.84. The van der Waals surface area contributed by atoms with Crippen LogP contribution in [0, 0.1) is 69.5 Å². The van der Waals surface area contributed by atoms with Crippen LogP contribution < -0.4 is 16.4 Å². The van der Waals surface area contributed by atoms with Crippen molar-refractivity contribution in [1.29, 1.82) is 0 Å². The molecule has 0 aromatic heterocycles. The SMILES string of the molecule is CCOC(=O)CCC(N)C(=O)OCC.CCOC(=O)CCC(NC(=O)C12CC3CC(CC(C3)C1)C2)C(=O)OCC.Cl.O=C(Cl)C12CC3CC(CC(C3)C1)C2.O=C(O)CCC(NC(=O)C12CC3CC(CC(C3)C1)C2)C(=O)O. The van der Waals surface area contributed by atoms with Crippen molar-refractivity contribution >= 4 is 76.9 Å². The molecule has 0 spiro atoms. The second kappa shape index (κ2) is 28.2. The summed E-state index contributed by atoms with van der Waals surface area (Å²) < 4.78 is 19.4. The van der Waals surface area contributed by atoms with E-state index in [1.54, 1.807) is 27.7 Å². The predicted molar refractivity (Wildman–Crippen MR) is 281 cm³/mol. The highest BCUT2D eigenvalue weighted by molar-refractivity contribution is 6.64. The van der Waals surface area contributed by atoms with Gasteiger partial charge >= 0.3 is 35.8 Å². The van der Waals surface area contributed by atoms with Gasteiger partial charge < -0.3 is 45.5 Å². The van der Waals surface area contributed by atoms with Crippen LogP contribution in [0.25, 0.3) is 0 Å². The Bertz CT molecular complexity index is 1960. The highest BCUT2D eigenvalue weighted by Crippen LogP contribution is 2.62. The number of nitrogens with two attached hydrogens (primary N) is 1. The van der Waals surface area contributed by atoms with E-state index in [4.69, 9.17) is 31.9 Å². The van der Waals surface area contributed by atoms with Gasteiger partial charge in [0.25, 0.3) is 0 Å². The number of halogens is 2. The standard InChI is InChI=1S/C20H31NO5.C16H23NO5.C11H15ClO.C9H17NO4.ClH/c1-3-25-17(22)6-5-16(18(23)26-4-2)21-19(24)20-10-13-7-14(11-20)9-15(8-13)12-20;18-13(19)2-1-12(14(20)21)17-15(22)16-6-9-3-10(7-16)5-11(4-9)8-16;12-10(13)11-4-7-1-8(5-11)3-9(2-7)6-11;1-3-13-8(11)6-5-7(10)9(12)14-4-2;/h13-16H,3-12H2,1-2H3,(H,21,24);9-12H,1-8H2,(H,17,22)(H,18,19)(H,20,21);7-9H,1-6H2;7H,3-6,10H2,1-2H3;1H. The van der Waals surface area contributed by atoms with Gasteiger partial charge in [0, 0.05) is 35.5 Å². The average Bonchev–Trinajstić information content (AvgIpc) is 3.33. The Hall–Kier alpha value is -4.03. The zero-order chi connectivity index (χ0) is 54.7. The monoisotopic (exact) mass is 1110 g/mol. The Labute approximate surface area is 459 Å². The minimum absolute atomic E-state index is 0. The number of hydrogen-bond acceptors (Lipinski definition) is 14. The fourth-order valence-corrected chi connectivity index (χ4v) is 16.4. The summed E-state index contributed by atoms with van der Waals surface area (Å²) >= 11 is 5.76. The number of ether oxygens (including phenoxy) is 4. The molecule has 0 aromatic rings. The van der Waals surface area contributed by atoms with Crippen molar-refractivity contribution in [3.8, 4) is 0 Å². The minimum atomic E-state index is -1.15. The second-order valence-electron chi connectivity index (χ2n) is 24.0. The van der Waals surface area contributed by atoms with Crippen LogP contribution in [0.5, 0.6) is 0 Å².